The van der Waals surface area contributed by atoms with Gasteiger partial charge in [-0.1, -0.05) is 6.07 Å². The number of nitrogens with one attached hydrogen (secondary N) is 1. The molecule has 0 radical (unpaired) electrons. The van der Waals surface area contributed by atoms with Crippen molar-refractivity contribution in [2.24, 2.45) is 0 Å². The van der Waals surface area contributed by atoms with E-state index in [-0.39, 0.29) is 0 Å². The lowest BCUT2D eigenvalue weighted by Gasteiger charge is -2.16. The van der Waals surface area contributed by atoms with Crippen LogP contribution in [0.25, 0.3) is 0 Å². The van der Waals surface area contributed by atoms with Gasteiger partial charge >= 0.3 is 0 Å². The summed E-state index contributed by atoms with van der Waals surface area (Å²) in [6.45, 7) is 6.36. The average Bonchev–Trinajstić information content (AvgIpc) is 3.22. The van der Waals surface area contributed by atoms with Crippen LogP contribution in [0.3, 0.4) is 0 Å². The van der Waals surface area contributed by atoms with E-state index in [9.17, 15) is 0 Å². The van der Waals surface area contributed by atoms with Crippen molar-refractivity contribution in [2.45, 2.75) is 38.9 Å². The fraction of sp³-hybridized carbons (Fsp3) is 0.667. The molecule has 4 heteroatoms. The fourth-order valence-electron chi connectivity index (χ4n) is 1.92. The molecule has 4 nitrogen and oxygen atoms in total. The smallest absolute Gasteiger partial charge is 0.0593 e. The quantitative estimate of drug-likeness (QED) is 0.689. The maximum Gasteiger partial charge on any atom is 0.0593 e. The van der Waals surface area contributed by atoms with Gasteiger partial charge in [0.15, 0.2) is 0 Å². The zero-order valence-electron chi connectivity index (χ0n) is 12.1. The highest BCUT2D eigenvalue weighted by atomic mass is 16.5. The van der Waals surface area contributed by atoms with Crippen molar-refractivity contribution in [3.05, 3.63) is 29.6 Å². The van der Waals surface area contributed by atoms with Crippen molar-refractivity contribution in [3.63, 3.8) is 0 Å². The minimum absolute atomic E-state index is 0.754. The van der Waals surface area contributed by atoms with Crippen molar-refractivity contribution in [1.82, 2.24) is 15.2 Å². The third-order valence-corrected chi connectivity index (χ3v) is 3.31. The zero-order valence-corrected chi connectivity index (χ0v) is 12.1. The van der Waals surface area contributed by atoms with Crippen molar-refractivity contribution >= 4 is 0 Å². The number of aromatic nitrogens is 1. The highest BCUT2D eigenvalue weighted by Crippen LogP contribution is 2.19. The van der Waals surface area contributed by atoms with Gasteiger partial charge in [-0.2, -0.15) is 0 Å². The van der Waals surface area contributed by atoms with Gasteiger partial charge in [0.1, 0.15) is 0 Å². The molecular formula is C15H25N3O. The lowest BCUT2D eigenvalue weighted by atomic mass is 10.2. The van der Waals surface area contributed by atoms with Gasteiger partial charge in [0.05, 0.1) is 12.3 Å². The Balaban J connectivity index is 1.70. The second kappa shape index (κ2) is 7.58. The van der Waals surface area contributed by atoms with E-state index in [1.807, 2.05) is 13.1 Å². The molecule has 1 N–H and O–H groups in total. The zero-order chi connectivity index (χ0) is 13.5. The second-order valence-electron chi connectivity index (χ2n) is 5.25. The molecule has 0 atom stereocenters. The minimum Gasteiger partial charge on any atom is -0.380 e. The van der Waals surface area contributed by atoms with Crippen LogP contribution >= 0.6 is 0 Å². The van der Waals surface area contributed by atoms with Gasteiger partial charge in [0.2, 0.25) is 0 Å². The van der Waals surface area contributed by atoms with E-state index in [1.54, 1.807) is 0 Å². The summed E-state index contributed by atoms with van der Waals surface area (Å²) in [6.07, 6.45) is 4.65. The van der Waals surface area contributed by atoms with Crippen LogP contribution in [0, 0.1) is 0 Å². The summed E-state index contributed by atoms with van der Waals surface area (Å²) in [6, 6.07) is 5.05. The molecule has 0 unspecified atom stereocenters. The monoisotopic (exact) mass is 263 g/mol. The Hall–Kier alpha value is -0.970. The summed E-state index contributed by atoms with van der Waals surface area (Å²) in [7, 11) is 2.10. The molecule has 0 spiro atoms. The Morgan fingerprint density at radius 3 is 2.89 bits per heavy atom. The number of nitrogens with zero attached hydrogens (tertiary/aromatic N) is 2. The first-order chi connectivity index (χ1) is 9.28. The fourth-order valence-corrected chi connectivity index (χ4v) is 1.92. The van der Waals surface area contributed by atoms with Gasteiger partial charge in [-0.05, 0) is 38.4 Å². The Bertz CT molecular complexity index is 362. The number of hydrogen-bond acceptors (Lipinski definition) is 4. The van der Waals surface area contributed by atoms with Crippen molar-refractivity contribution in [3.8, 4) is 0 Å². The van der Waals surface area contributed by atoms with Crippen LogP contribution in [0.15, 0.2) is 18.3 Å². The third-order valence-electron chi connectivity index (χ3n) is 3.31. The molecule has 0 bridgehead atoms. The van der Waals surface area contributed by atoms with Gasteiger partial charge < -0.3 is 10.1 Å². The van der Waals surface area contributed by atoms with Gasteiger partial charge in [0, 0.05) is 38.5 Å². The van der Waals surface area contributed by atoms with Crippen LogP contribution in [-0.2, 0) is 17.8 Å². The molecule has 1 aromatic rings. The average molecular weight is 263 g/mol. The van der Waals surface area contributed by atoms with E-state index in [0.717, 1.165) is 44.6 Å². The molecule has 1 aromatic heterocycles. The van der Waals surface area contributed by atoms with Crippen LogP contribution in [-0.4, -0.2) is 42.7 Å². The molecule has 1 aliphatic carbocycles. The molecule has 0 saturated heterocycles. The summed E-state index contributed by atoms with van der Waals surface area (Å²) in [5.41, 5.74) is 2.39. The lowest BCUT2D eigenvalue weighted by Crippen LogP contribution is -2.23. The summed E-state index contributed by atoms with van der Waals surface area (Å²) in [5, 5.41) is 3.50. The van der Waals surface area contributed by atoms with Crippen LogP contribution in [0.4, 0.5) is 0 Å². The third kappa shape index (κ3) is 5.68. The van der Waals surface area contributed by atoms with Crippen LogP contribution in [0.2, 0.25) is 0 Å². The maximum atomic E-state index is 5.35. The SMILES string of the molecule is CCOCCN(C)Cc1ccc(CNC2CC2)cn1. The predicted molar refractivity (Wildman–Crippen MR) is 76.9 cm³/mol. The Kier molecular flexibility index (Phi) is 5.76. The topological polar surface area (TPSA) is 37.4 Å². The molecule has 0 amide bonds. The molecule has 0 aliphatic heterocycles. The van der Waals surface area contributed by atoms with Crippen LogP contribution in [0.1, 0.15) is 31.0 Å². The molecule has 0 aromatic carbocycles. The van der Waals surface area contributed by atoms with Crippen molar-refractivity contribution in [2.75, 3.05) is 26.8 Å². The number of pyridine rings is 1. The lowest BCUT2D eigenvalue weighted by molar-refractivity contribution is 0.120. The van der Waals surface area contributed by atoms with Gasteiger partial charge in [-0.15, -0.1) is 0 Å². The van der Waals surface area contributed by atoms with Crippen LogP contribution in [0.5, 0.6) is 0 Å². The first kappa shape index (κ1) is 14.4. The molecular weight excluding hydrogens is 238 g/mol. The first-order valence-electron chi connectivity index (χ1n) is 7.21. The number of likely N-dealkylation sites (N-methyl/N-ethyl adjacent to an activating group) is 1. The first-order valence-corrected chi connectivity index (χ1v) is 7.21. The summed E-state index contributed by atoms with van der Waals surface area (Å²) in [4.78, 5) is 6.76. The highest BCUT2D eigenvalue weighted by Gasteiger charge is 2.19. The van der Waals surface area contributed by atoms with E-state index in [2.05, 4.69) is 34.4 Å². The predicted octanol–water partition coefficient (Wildman–Crippen LogP) is 1.80. The summed E-state index contributed by atoms with van der Waals surface area (Å²) in [5.74, 6) is 0. The van der Waals surface area contributed by atoms with E-state index < -0.39 is 0 Å². The van der Waals surface area contributed by atoms with E-state index in [0.29, 0.717) is 0 Å². The molecule has 2 rings (SSSR count). The Morgan fingerprint density at radius 1 is 1.42 bits per heavy atom. The molecule has 106 valence electrons. The normalized spacial score (nSPS) is 15.1. The number of rotatable bonds is 9. The Morgan fingerprint density at radius 2 is 2.26 bits per heavy atom. The van der Waals surface area contributed by atoms with Gasteiger partial charge in [0.25, 0.3) is 0 Å². The van der Waals surface area contributed by atoms with Crippen LogP contribution < -0.4 is 5.32 Å². The van der Waals surface area contributed by atoms with Gasteiger partial charge in [-0.25, -0.2) is 0 Å². The highest BCUT2D eigenvalue weighted by molar-refractivity contribution is 5.14. The number of hydrogen-bond donors (Lipinski definition) is 1. The second-order valence-corrected chi connectivity index (χ2v) is 5.25. The van der Waals surface area contributed by atoms with E-state index >= 15 is 0 Å². The van der Waals surface area contributed by atoms with E-state index in [1.165, 1.54) is 18.4 Å². The largest absolute Gasteiger partial charge is 0.380 e. The maximum absolute atomic E-state index is 5.35. The minimum atomic E-state index is 0.754. The molecule has 1 heterocycles. The summed E-state index contributed by atoms with van der Waals surface area (Å²) >= 11 is 0. The molecule has 19 heavy (non-hydrogen) atoms. The van der Waals surface area contributed by atoms with Crippen molar-refractivity contribution < 1.29 is 4.74 Å². The summed E-state index contributed by atoms with van der Waals surface area (Å²) < 4.78 is 5.35. The molecule has 1 saturated carbocycles. The van der Waals surface area contributed by atoms with E-state index in [4.69, 9.17) is 4.74 Å². The molecule has 1 fully saturated rings. The molecule has 1 aliphatic rings. The number of ether oxygens (including phenoxy) is 1. The van der Waals surface area contributed by atoms with Crippen molar-refractivity contribution in [1.29, 1.82) is 0 Å². The standard InChI is InChI=1S/C15H25N3O/c1-3-19-9-8-18(2)12-15-5-4-13(11-17-15)10-16-14-6-7-14/h4-5,11,14,16H,3,6-10,12H2,1-2H3. The van der Waals surface area contributed by atoms with Gasteiger partial charge in [-0.3, -0.25) is 9.88 Å². The Labute approximate surface area is 116 Å².